The van der Waals surface area contributed by atoms with Gasteiger partial charge in [-0.05, 0) is 23.8 Å². The van der Waals surface area contributed by atoms with E-state index in [-0.39, 0.29) is 6.04 Å². The lowest BCUT2D eigenvalue weighted by atomic mass is 10.1. The van der Waals surface area contributed by atoms with E-state index in [2.05, 4.69) is 21.9 Å². The van der Waals surface area contributed by atoms with Crippen LogP contribution in [0.1, 0.15) is 18.0 Å². The summed E-state index contributed by atoms with van der Waals surface area (Å²) in [6.45, 7) is 0. The van der Waals surface area contributed by atoms with Crippen molar-refractivity contribution < 1.29 is 0 Å². The predicted molar refractivity (Wildman–Crippen MR) is 59.5 cm³/mol. The summed E-state index contributed by atoms with van der Waals surface area (Å²) in [6.07, 6.45) is 5.69. The second-order valence-electron chi connectivity index (χ2n) is 2.68. The molecule has 13 heavy (non-hydrogen) atoms. The Morgan fingerprint density at radius 2 is 2.31 bits per heavy atom. The molecule has 1 atom stereocenters. The summed E-state index contributed by atoms with van der Waals surface area (Å²) in [5.41, 5.74) is 6.79. The summed E-state index contributed by atoms with van der Waals surface area (Å²) in [5.74, 6) is 2.52. The molecule has 1 rings (SSSR count). The minimum Gasteiger partial charge on any atom is -0.323 e. The molecule has 68 valence electrons. The summed E-state index contributed by atoms with van der Waals surface area (Å²) >= 11 is 9.23. The van der Waals surface area contributed by atoms with Crippen LogP contribution in [0, 0.1) is 12.3 Å². The molecule has 0 fully saturated rings. The fourth-order valence-corrected chi connectivity index (χ4v) is 1.76. The van der Waals surface area contributed by atoms with Crippen molar-refractivity contribution in [2.75, 3.05) is 0 Å². The first-order chi connectivity index (χ1) is 6.15. The molecule has 0 bridgehead atoms. The van der Waals surface area contributed by atoms with Gasteiger partial charge in [0.05, 0.1) is 0 Å². The third-order valence-electron chi connectivity index (χ3n) is 1.70. The smallest absolute Gasteiger partial charge is 0.0417 e. The van der Waals surface area contributed by atoms with Crippen molar-refractivity contribution >= 4 is 27.5 Å². The first-order valence-electron chi connectivity index (χ1n) is 3.79. The van der Waals surface area contributed by atoms with Crippen LogP contribution in [-0.2, 0) is 0 Å². The van der Waals surface area contributed by atoms with Crippen molar-refractivity contribution in [3.05, 3.63) is 33.3 Å². The number of hydrogen-bond donors (Lipinski definition) is 1. The van der Waals surface area contributed by atoms with Crippen molar-refractivity contribution in [2.24, 2.45) is 5.73 Å². The molecule has 0 saturated carbocycles. The molecule has 0 aliphatic heterocycles. The lowest BCUT2D eigenvalue weighted by Gasteiger charge is -2.10. The van der Waals surface area contributed by atoms with Gasteiger partial charge >= 0.3 is 0 Å². The van der Waals surface area contributed by atoms with E-state index in [1.165, 1.54) is 0 Å². The largest absolute Gasteiger partial charge is 0.323 e. The Kier molecular flexibility index (Phi) is 3.80. The number of rotatable bonds is 2. The predicted octanol–water partition coefficient (Wildman–Crippen LogP) is 3.13. The third kappa shape index (κ3) is 2.73. The van der Waals surface area contributed by atoms with Gasteiger partial charge in [-0.25, -0.2) is 0 Å². The SMILES string of the molecule is C#CCC(N)c1cc(Cl)ccc1Br. The van der Waals surface area contributed by atoms with E-state index in [4.69, 9.17) is 23.8 Å². The molecule has 0 aromatic heterocycles. The van der Waals surface area contributed by atoms with Gasteiger partial charge in [0, 0.05) is 22.0 Å². The topological polar surface area (TPSA) is 26.0 Å². The Balaban J connectivity index is 3.00. The van der Waals surface area contributed by atoms with Crippen molar-refractivity contribution in [1.82, 2.24) is 0 Å². The van der Waals surface area contributed by atoms with Gasteiger partial charge in [0.1, 0.15) is 0 Å². The molecule has 1 aromatic rings. The van der Waals surface area contributed by atoms with E-state index >= 15 is 0 Å². The molecular weight excluding hydrogens is 249 g/mol. The second-order valence-corrected chi connectivity index (χ2v) is 3.97. The van der Waals surface area contributed by atoms with Crippen LogP contribution in [0.15, 0.2) is 22.7 Å². The zero-order valence-electron chi connectivity index (χ0n) is 6.93. The first kappa shape index (κ1) is 10.6. The molecule has 0 aliphatic rings. The molecule has 3 heteroatoms. The maximum Gasteiger partial charge on any atom is 0.0417 e. The molecule has 2 N–H and O–H groups in total. The monoisotopic (exact) mass is 257 g/mol. The summed E-state index contributed by atoms with van der Waals surface area (Å²) in [5, 5.41) is 0.672. The van der Waals surface area contributed by atoms with Crippen LogP contribution >= 0.6 is 27.5 Å². The highest BCUT2D eigenvalue weighted by atomic mass is 79.9. The third-order valence-corrected chi connectivity index (χ3v) is 2.65. The number of nitrogens with two attached hydrogens (primary N) is 1. The van der Waals surface area contributed by atoms with E-state index in [9.17, 15) is 0 Å². The van der Waals surface area contributed by atoms with E-state index in [1.54, 1.807) is 6.07 Å². The Morgan fingerprint density at radius 1 is 1.62 bits per heavy atom. The quantitative estimate of drug-likeness (QED) is 0.811. The van der Waals surface area contributed by atoms with E-state index in [0.717, 1.165) is 10.0 Å². The maximum atomic E-state index is 5.84. The van der Waals surface area contributed by atoms with Gasteiger partial charge in [0.2, 0.25) is 0 Å². The van der Waals surface area contributed by atoms with Gasteiger partial charge in [0.25, 0.3) is 0 Å². The second kappa shape index (κ2) is 4.66. The summed E-state index contributed by atoms with van der Waals surface area (Å²) < 4.78 is 0.944. The summed E-state index contributed by atoms with van der Waals surface area (Å²) in [7, 11) is 0. The number of halogens is 2. The van der Waals surface area contributed by atoms with E-state index in [1.807, 2.05) is 12.1 Å². The number of hydrogen-bond acceptors (Lipinski definition) is 1. The van der Waals surface area contributed by atoms with Crippen LogP contribution in [-0.4, -0.2) is 0 Å². The van der Waals surface area contributed by atoms with Gasteiger partial charge in [-0.15, -0.1) is 12.3 Å². The Bertz CT molecular complexity index is 343. The maximum absolute atomic E-state index is 5.84. The Labute approximate surface area is 91.4 Å². The van der Waals surface area contributed by atoms with Crippen LogP contribution in [0.2, 0.25) is 5.02 Å². The van der Waals surface area contributed by atoms with Gasteiger partial charge in [-0.3, -0.25) is 0 Å². The van der Waals surface area contributed by atoms with Gasteiger partial charge in [-0.2, -0.15) is 0 Å². The lowest BCUT2D eigenvalue weighted by Crippen LogP contribution is -2.09. The molecule has 1 unspecified atom stereocenters. The highest BCUT2D eigenvalue weighted by Gasteiger charge is 2.08. The summed E-state index contributed by atoms with van der Waals surface area (Å²) in [4.78, 5) is 0. The number of benzene rings is 1. The fraction of sp³-hybridized carbons (Fsp3) is 0.200. The number of terminal acetylenes is 1. The fourth-order valence-electron chi connectivity index (χ4n) is 1.04. The van der Waals surface area contributed by atoms with Crippen LogP contribution in [0.4, 0.5) is 0 Å². The minimum atomic E-state index is -0.155. The van der Waals surface area contributed by atoms with Gasteiger partial charge in [-0.1, -0.05) is 27.5 Å². The Hall–Kier alpha value is -0.490. The molecule has 0 radical (unpaired) electrons. The van der Waals surface area contributed by atoms with Crippen molar-refractivity contribution in [2.45, 2.75) is 12.5 Å². The molecule has 0 spiro atoms. The van der Waals surface area contributed by atoms with Crippen molar-refractivity contribution in [3.63, 3.8) is 0 Å². The molecule has 0 heterocycles. The van der Waals surface area contributed by atoms with E-state index in [0.29, 0.717) is 11.4 Å². The van der Waals surface area contributed by atoms with Crippen molar-refractivity contribution in [1.29, 1.82) is 0 Å². The zero-order valence-corrected chi connectivity index (χ0v) is 9.27. The van der Waals surface area contributed by atoms with Crippen molar-refractivity contribution in [3.8, 4) is 12.3 Å². The minimum absolute atomic E-state index is 0.155. The standard InChI is InChI=1S/C10H9BrClN/c1-2-3-10(13)8-6-7(12)4-5-9(8)11/h1,4-6,10H,3,13H2. The molecule has 0 aliphatic carbocycles. The molecule has 1 nitrogen and oxygen atoms in total. The average molecular weight is 259 g/mol. The molecule has 1 aromatic carbocycles. The van der Waals surface area contributed by atoms with Crippen LogP contribution in [0.5, 0.6) is 0 Å². The van der Waals surface area contributed by atoms with E-state index < -0.39 is 0 Å². The van der Waals surface area contributed by atoms with Gasteiger partial charge < -0.3 is 5.73 Å². The van der Waals surface area contributed by atoms with Crippen LogP contribution < -0.4 is 5.73 Å². The van der Waals surface area contributed by atoms with Crippen LogP contribution in [0.3, 0.4) is 0 Å². The molecule has 0 amide bonds. The highest BCUT2D eigenvalue weighted by Crippen LogP contribution is 2.26. The first-order valence-corrected chi connectivity index (χ1v) is 4.96. The lowest BCUT2D eigenvalue weighted by molar-refractivity contribution is 0.751. The normalized spacial score (nSPS) is 12.2. The summed E-state index contributed by atoms with van der Waals surface area (Å²) in [6, 6.07) is 5.34. The highest BCUT2D eigenvalue weighted by molar-refractivity contribution is 9.10. The average Bonchev–Trinajstić information content (AvgIpc) is 2.09. The van der Waals surface area contributed by atoms with Gasteiger partial charge in [0.15, 0.2) is 0 Å². The molecule has 0 saturated heterocycles. The van der Waals surface area contributed by atoms with Crippen LogP contribution in [0.25, 0.3) is 0 Å². The Morgan fingerprint density at radius 3 is 2.92 bits per heavy atom. The molecular formula is C10H9BrClN. The zero-order chi connectivity index (χ0) is 9.84.